The third kappa shape index (κ3) is 4.33. The molecule has 2 aromatic carbocycles. The van der Waals surface area contributed by atoms with Crippen molar-refractivity contribution in [1.29, 1.82) is 0 Å². The lowest BCUT2D eigenvalue weighted by molar-refractivity contribution is 0.0697. The van der Waals surface area contributed by atoms with E-state index in [4.69, 9.17) is 9.84 Å². The second-order valence-electron chi connectivity index (χ2n) is 4.37. The first kappa shape index (κ1) is 16.0. The van der Waals surface area contributed by atoms with E-state index in [1.165, 1.54) is 12.1 Å². The van der Waals surface area contributed by atoms with Crippen LogP contribution in [0.4, 0.5) is 5.69 Å². The van der Waals surface area contributed by atoms with Crippen molar-refractivity contribution in [2.24, 2.45) is 5.10 Å². The highest BCUT2D eigenvalue weighted by atomic mass is 79.9. The highest BCUT2D eigenvalue weighted by molar-refractivity contribution is 9.10. The van der Waals surface area contributed by atoms with Crippen LogP contribution in [0.5, 0.6) is 5.75 Å². The lowest BCUT2D eigenvalue weighted by Gasteiger charge is -2.07. The molecular formula is C16H15BrN2O3. The fourth-order valence-electron chi connectivity index (χ4n) is 1.77. The van der Waals surface area contributed by atoms with Crippen LogP contribution in [-0.2, 0) is 0 Å². The summed E-state index contributed by atoms with van der Waals surface area (Å²) in [6, 6.07) is 12.0. The second-order valence-corrected chi connectivity index (χ2v) is 5.28. The number of nitrogens with one attached hydrogen (secondary N) is 1. The van der Waals surface area contributed by atoms with Crippen molar-refractivity contribution in [3.63, 3.8) is 0 Å². The molecule has 6 heteroatoms. The van der Waals surface area contributed by atoms with Gasteiger partial charge in [0.1, 0.15) is 5.75 Å². The minimum atomic E-state index is -0.953. The Bertz CT molecular complexity index is 684. The number of aromatic carboxylic acids is 1. The van der Waals surface area contributed by atoms with Crippen LogP contribution in [0.2, 0.25) is 0 Å². The summed E-state index contributed by atoms with van der Waals surface area (Å²) in [5, 5.41) is 13.0. The summed E-state index contributed by atoms with van der Waals surface area (Å²) >= 11 is 3.41. The van der Waals surface area contributed by atoms with Crippen molar-refractivity contribution >= 4 is 33.8 Å². The number of benzene rings is 2. The Hall–Kier alpha value is -2.34. The normalized spacial score (nSPS) is 10.6. The largest absolute Gasteiger partial charge is 0.493 e. The number of hydrogen-bond acceptors (Lipinski definition) is 4. The quantitative estimate of drug-likeness (QED) is 0.601. The van der Waals surface area contributed by atoms with E-state index in [1.54, 1.807) is 18.3 Å². The highest BCUT2D eigenvalue weighted by Crippen LogP contribution is 2.22. The molecule has 0 bridgehead atoms. The average Bonchev–Trinajstić information content (AvgIpc) is 2.50. The summed E-state index contributed by atoms with van der Waals surface area (Å²) in [7, 11) is 0. The van der Waals surface area contributed by atoms with Crippen LogP contribution in [0.1, 0.15) is 22.8 Å². The molecule has 22 heavy (non-hydrogen) atoms. The van der Waals surface area contributed by atoms with Gasteiger partial charge in [-0.05, 0) is 49.4 Å². The molecule has 0 saturated carbocycles. The Morgan fingerprint density at radius 2 is 2.05 bits per heavy atom. The average molecular weight is 363 g/mol. The molecular weight excluding hydrogens is 348 g/mol. The van der Waals surface area contributed by atoms with Gasteiger partial charge in [0, 0.05) is 10.0 Å². The summed E-state index contributed by atoms with van der Waals surface area (Å²) in [5.74, 6) is -0.206. The smallest absolute Gasteiger partial charge is 0.335 e. The maximum absolute atomic E-state index is 10.8. The predicted molar refractivity (Wildman–Crippen MR) is 89.9 cm³/mol. The van der Waals surface area contributed by atoms with E-state index in [-0.39, 0.29) is 5.56 Å². The first-order valence-corrected chi connectivity index (χ1v) is 7.44. The zero-order valence-electron chi connectivity index (χ0n) is 11.9. The maximum Gasteiger partial charge on any atom is 0.335 e. The molecule has 0 aliphatic heterocycles. The molecule has 5 nitrogen and oxygen atoms in total. The van der Waals surface area contributed by atoms with Gasteiger partial charge >= 0.3 is 5.97 Å². The van der Waals surface area contributed by atoms with E-state index in [2.05, 4.69) is 26.5 Å². The summed E-state index contributed by atoms with van der Waals surface area (Å²) in [5.41, 5.74) is 4.63. The number of rotatable bonds is 6. The van der Waals surface area contributed by atoms with Crippen molar-refractivity contribution in [2.75, 3.05) is 12.0 Å². The van der Waals surface area contributed by atoms with Crippen molar-refractivity contribution in [3.05, 3.63) is 58.1 Å². The number of carbonyl (C=O) groups is 1. The molecule has 2 rings (SSSR count). The number of nitrogens with zero attached hydrogens (tertiary/aromatic N) is 1. The summed E-state index contributed by atoms with van der Waals surface area (Å²) in [4.78, 5) is 10.8. The standard InChI is InChI=1S/C16H15BrN2O3/c1-2-22-15-8-5-13(17)9-12(15)10-18-19-14-6-3-11(4-7-14)16(20)21/h3-10,19H,2H2,1H3,(H,20,21)/b18-10+. The zero-order valence-corrected chi connectivity index (χ0v) is 13.5. The van der Waals surface area contributed by atoms with E-state index >= 15 is 0 Å². The van der Waals surface area contributed by atoms with Gasteiger partial charge in [-0.1, -0.05) is 15.9 Å². The monoisotopic (exact) mass is 362 g/mol. The fraction of sp³-hybridized carbons (Fsp3) is 0.125. The van der Waals surface area contributed by atoms with Gasteiger partial charge in [-0.2, -0.15) is 5.10 Å². The summed E-state index contributed by atoms with van der Waals surface area (Å²) < 4.78 is 6.47. The van der Waals surface area contributed by atoms with Crippen LogP contribution in [-0.4, -0.2) is 23.9 Å². The van der Waals surface area contributed by atoms with Crippen LogP contribution in [0.3, 0.4) is 0 Å². The molecule has 0 atom stereocenters. The molecule has 0 aliphatic carbocycles. The van der Waals surface area contributed by atoms with Gasteiger partial charge < -0.3 is 9.84 Å². The van der Waals surface area contributed by atoms with Gasteiger partial charge in [0.25, 0.3) is 0 Å². The SMILES string of the molecule is CCOc1ccc(Br)cc1/C=N/Nc1ccc(C(=O)O)cc1. The molecule has 0 aliphatic rings. The summed E-state index contributed by atoms with van der Waals surface area (Å²) in [6.07, 6.45) is 1.65. The predicted octanol–water partition coefficient (Wildman–Crippen LogP) is 3.99. The van der Waals surface area contributed by atoms with Gasteiger partial charge in [-0.15, -0.1) is 0 Å². The lowest BCUT2D eigenvalue weighted by atomic mass is 10.2. The Labute approximate surface area is 136 Å². The van der Waals surface area contributed by atoms with Gasteiger partial charge in [0.05, 0.1) is 24.1 Å². The van der Waals surface area contributed by atoms with Gasteiger partial charge in [-0.25, -0.2) is 4.79 Å². The molecule has 0 heterocycles. The van der Waals surface area contributed by atoms with Crippen molar-refractivity contribution in [3.8, 4) is 5.75 Å². The highest BCUT2D eigenvalue weighted by Gasteiger charge is 2.03. The number of carboxylic acids is 1. The molecule has 0 amide bonds. The molecule has 0 radical (unpaired) electrons. The Morgan fingerprint density at radius 3 is 2.68 bits per heavy atom. The molecule has 0 saturated heterocycles. The number of hydrogen-bond donors (Lipinski definition) is 2. The number of hydrazone groups is 1. The van der Waals surface area contributed by atoms with Crippen molar-refractivity contribution in [1.82, 2.24) is 0 Å². The molecule has 2 aromatic rings. The van der Waals surface area contributed by atoms with Crippen LogP contribution in [0, 0.1) is 0 Å². The number of halogens is 1. The van der Waals surface area contributed by atoms with Crippen LogP contribution in [0.15, 0.2) is 52.0 Å². The number of carboxylic acid groups (broad SMARTS) is 1. The summed E-state index contributed by atoms with van der Waals surface area (Å²) in [6.45, 7) is 2.50. The van der Waals surface area contributed by atoms with Crippen LogP contribution >= 0.6 is 15.9 Å². The molecule has 114 valence electrons. The zero-order chi connectivity index (χ0) is 15.9. The minimum Gasteiger partial charge on any atom is -0.493 e. The second kappa shape index (κ2) is 7.61. The van der Waals surface area contributed by atoms with E-state index < -0.39 is 5.97 Å². The molecule has 0 fully saturated rings. The third-order valence-electron chi connectivity index (χ3n) is 2.80. The minimum absolute atomic E-state index is 0.236. The van der Waals surface area contributed by atoms with Gasteiger partial charge in [-0.3, -0.25) is 5.43 Å². The third-order valence-corrected chi connectivity index (χ3v) is 3.29. The Kier molecular flexibility index (Phi) is 5.55. The van der Waals surface area contributed by atoms with E-state index in [0.717, 1.165) is 15.8 Å². The Morgan fingerprint density at radius 1 is 1.32 bits per heavy atom. The van der Waals surface area contributed by atoms with E-state index in [1.807, 2.05) is 25.1 Å². The first-order valence-electron chi connectivity index (χ1n) is 6.65. The van der Waals surface area contributed by atoms with Crippen LogP contribution < -0.4 is 10.2 Å². The fourth-order valence-corrected chi connectivity index (χ4v) is 2.15. The topological polar surface area (TPSA) is 70.9 Å². The van der Waals surface area contributed by atoms with Crippen molar-refractivity contribution in [2.45, 2.75) is 6.92 Å². The lowest BCUT2D eigenvalue weighted by Crippen LogP contribution is -1.98. The van der Waals surface area contributed by atoms with Gasteiger partial charge in [0.2, 0.25) is 0 Å². The van der Waals surface area contributed by atoms with Crippen molar-refractivity contribution < 1.29 is 14.6 Å². The first-order chi connectivity index (χ1) is 10.6. The Balaban J connectivity index is 2.08. The van der Waals surface area contributed by atoms with Crippen LogP contribution in [0.25, 0.3) is 0 Å². The number of ether oxygens (including phenoxy) is 1. The van der Waals surface area contributed by atoms with E-state index in [9.17, 15) is 4.79 Å². The molecule has 0 spiro atoms. The van der Waals surface area contributed by atoms with E-state index in [0.29, 0.717) is 12.3 Å². The molecule has 2 N–H and O–H groups in total. The molecule has 0 aromatic heterocycles. The van der Waals surface area contributed by atoms with Gasteiger partial charge in [0.15, 0.2) is 0 Å². The number of anilines is 1. The molecule has 0 unspecified atom stereocenters. The maximum atomic E-state index is 10.8.